The maximum absolute atomic E-state index is 12.3. The van der Waals surface area contributed by atoms with Gasteiger partial charge >= 0.3 is 0 Å². The zero-order valence-electron chi connectivity index (χ0n) is 12.7. The first-order valence-corrected chi connectivity index (χ1v) is 8.13. The van der Waals surface area contributed by atoms with Crippen molar-refractivity contribution in [2.45, 2.75) is 6.04 Å². The van der Waals surface area contributed by atoms with Crippen LogP contribution in [0.1, 0.15) is 22.0 Å². The zero-order chi connectivity index (χ0) is 17.0. The molecule has 1 unspecified atom stereocenters. The quantitative estimate of drug-likeness (QED) is 0.638. The van der Waals surface area contributed by atoms with Gasteiger partial charge in [-0.05, 0) is 48.6 Å². The Bertz CT molecular complexity index is 704. The molecule has 0 bridgehead atoms. The third kappa shape index (κ3) is 4.28. The Kier molecular flexibility index (Phi) is 5.70. The predicted molar refractivity (Wildman–Crippen MR) is 91.2 cm³/mol. The van der Waals surface area contributed by atoms with E-state index in [-0.39, 0.29) is 22.3 Å². The van der Waals surface area contributed by atoms with Crippen molar-refractivity contribution in [3.05, 3.63) is 61.3 Å². The van der Waals surface area contributed by atoms with Gasteiger partial charge in [0, 0.05) is 17.6 Å². The van der Waals surface area contributed by atoms with E-state index in [2.05, 4.69) is 5.32 Å². The van der Waals surface area contributed by atoms with Gasteiger partial charge < -0.3 is 10.2 Å². The van der Waals surface area contributed by atoms with E-state index >= 15 is 0 Å². The second-order valence-corrected chi connectivity index (χ2v) is 6.38. The summed E-state index contributed by atoms with van der Waals surface area (Å²) < 4.78 is 0. The van der Waals surface area contributed by atoms with Crippen molar-refractivity contribution < 1.29 is 9.72 Å². The first-order chi connectivity index (χ1) is 10.9. The van der Waals surface area contributed by atoms with Crippen molar-refractivity contribution in [1.29, 1.82) is 0 Å². The van der Waals surface area contributed by atoms with Gasteiger partial charge in [-0.25, -0.2) is 0 Å². The summed E-state index contributed by atoms with van der Waals surface area (Å²) in [5, 5.41) is 18.0. The lowest BCUT2D eigenvalue weighted by Gasteiger charge is -2.24. The number of thiophene rings is 1. The van der Waals surface area contributed by atoms with E-state index in [9.17, 15) is 14.9 Å². The summed E-state index contributed by atoms with van der Waals surface area (Å²) in [6, 6.07) is 6.00. The molecule has 0 saturated heterocycles. The summed E-state index contributed by atoms with van der Waals surface area (Å²) in [5.74, 6) is -0.490. The summed E-state index contributed by atoms with van der Waals surface area (Å²) >= 11 is 7.34. The fourth-order valence-electron chi connectivity index (χ4n) is 2.20. The Labute approximate surface area is 142 Å². The van der Waals surface area contributed by atoms with Crippen LogP contribution >= 0.6 is 22.9 Å². The lowest BCUT2D eigenvalue weighted by Crippen LogP contribution is -2.34. The smallest absolute Gasteiger partial charge is 0.283 e. The van der Waals surface area contributed by atoms with Crippen LogP contribution in [0.5, 0.6) is 0 Å². The highest BCUT2D eigenvalue weighted by molar-refractivity contribution is 7.07. The summed E-state index contributed by atoms with van der Waals surface area (Å²) in [4.78, 5) is 24.8. The van der Waals surface area contributed by atoms with Gasteiger partial charge in [0.2, 0.25) is 0 Å². The topological polar surface area (TPSA) is 75.5 Å². The molecule has 6 nitrogen and oxygen atoms in total. The van der Waals surface area contributed by atoms with Crippen LogP contribution < -0.4 is 5.32 Å². The maximum Gasteiger partial charge on any atom is 0.283 e. The minimum atomic E-state index is -0.608. The van der Waals surface area contributed by atoms with Crippen molar-refractivity contribution >= 4 is 34.5 Å². The molecule has 2 aromatic rings. The molecule has 122 valence electrons. The molecule has 8 heteroatoms. The Hall–Kier alpha value is -1.96. The summed E-state index contributed by atoms with van der Waals surface area (Å²) in [6.45, 7) is 0.350. The van der Waals surface area contributed by atoms with Crippen LogP contribution in [0, 0.1) is 10.1 Å². The first-order valence-electron chi connectivity index (χ1n) is 6.81. The molecule has 23 heavy (non-hydrogen) atoms. The van der Waals surface area contributed by atoms with Gasteiger partial charge in [-0.15, -0.1) is 0 Å². The number of hydrogen-bond acceptors (Lipinski definition) is 5. The Morgan fingerprint density at radius 2 is 2.17 bits per heavy atom. The van der Waals surface area contributed by atoms with Crippen LogP contribution in [0.3, 0.4) is 0 Å². The van der Waals surface area contributed by atoms with Gasteiger partial charge in [0.1, 0.15) is 5.56 Å². The number of likely N-dealkylation sites (N-methyl/N-ethyl adjacent to an activating group) is 1. The van der Waals surface area contributed by atoms with Crippen LogP contribution in [0.25, 0.3) is 0 Å². The van der Waals surface area contributed by atoms with Gasteiger partial charge in [0.05, 0.1) is 11.0 Å². The summed E-state index contributed by atoms with van der Waals surface area (Å²) in [5.41, 5.74) is 0.792. The molecular weight excluding hydrogens is 338 g/mol. The van der Waals surface area contributed by atoms with Gasteiger partial charge in [0.15, 0.2) is 0 Å². The second kappa shape index (κ2) is 7.54. The lowest BCUT2D eigenvalue weighted by atomic mass is 10.1. The molecule has 0 radical (unpaired) electrons. The number of benzene rings is 1. The van der Waals surface area contributed by atoms with Crippen LogP contribution in [-0.2, 0) is 0 Å². The highest BCUT2D eigenvalue weighted by Gasteiger charge is 2.22. The maximum atomic E-state index is 12.3. The minimum Gasteiger partial charge on any atom is -0.350 e. The molecule has 0 fully saturated rings. The SMILES string of the molecule is CN(C)C(CNC(=O)c1ccc(Cl)cc1[N+](=O)[O-])c1ccsc1. The van der Waals surface area contributed by atoms with Crippen molar-refractivity contribution in [3.63, 3.8) is 0 Å². The molecule has 0 aliphatic carbocycles. The molecule has 0 saturated carbocycles. The lowest BCUT2D eigenvalue weighted by molar-refractivity contribution is -0.385. The molecule has 2 rings (SSSR count). The highest BCUT2D eigenvalue weighted by atomic mass is 35.5. The number of nitro benzene ring substituents is 1. The average Bonchev–Trinajstić information content (AvgIpc) is 3.00. The number of carbonyl (C=O) groups is 1. The molecule has 1 N–H and O–H groups in total. The van der Waals surface area contributed by atoms with E-state index in [0.29, 0.717) is 6.54 Å². The summed E-state index contributed by atoms with van der Waals surface area (Å²) in [7, 11) is 3.83. The van der Waals surface area contributed by atoms with E-state index in [1.54, 1.807) is 11.3 Å². The molecule has 0 spiro atoms. The van der Waals surface area contributed by atoms with Gasteiger partial charge in [-0.3, -0.25) is 14.9 Å². The Morgan fingerprint density at radius 3 is 2.74 bits per heavy atom. The molecule has 0 aliphatic rings. The summed E-state index contributed by atoms with van der Waals surface area (Å²) in [6.07, 6.45) is 0. The van der Waals surface area contributed by atoms with Crippen molar-refractivity contribution in [2.24, 2.45) is 0 Å². The van der Waals surface area contributed by atoms with Crippen LogP contribution in [0.4, 0.5) is 5.69 Å². The Balaban J connectivity index is 2.14. The monoisotopic (exact) mass is 353 g/mol. The standard InChI is InChI=1S/C15H16ClN3O3S/c1-18(2)14(10-5-6-23-9-10)8-17-15(20)12-4-3-11(16)7-13(12)19(21)22/h3-7,9,14H,8H2,1-2H3,(H,17,20). The van der Waals surface area contributed by atoms with Gasteiger partial charge in [0.25, 0.3) is 11.6 Å². The van der Waals surface area contributed by atoms with Gasteiger partial charge in [-0.1, -0.05) is 11.6 Å². The molecule has 1 amide bonds. The molecule has 1 heterocycles. The number of nitrogens with zero attached hydrogens (tertiary/aromatic N) is 2. The molecule has 1 aromatic heterocycles. The van der Waals surface area contributed by atoms with Crippen LogP contribution in [0.2, 0.25) is 5.02 Å². The van der Waals surface area contributed by atoms with Gasteiger partial charge in [-0.2, -0.15) is 11.3 Å². The highest BCUT2D eigenvalue weighted by Crippen LogP contribution is 2.24. The number of rotatable bonds is 6. The van der Waals surface area contributed by atoms with E-state index < -0.39 is 10.8 Å². The van der Waals surface area contributed by atoms with E-state index in [1.807, 2.05) is 35.8 Å². The van der Waals surface area contributed by atoms with Crippen LogP contribution in [-0.4, -0.2) is 36.4 Å². The number of halogens is 1. The molecular formula is C15H16ClN3O3S. The zero-order valence-corrected chi connectivity index (χ0v) is 14.2. The number of nitro groups is 1. The van der Waals surface area contributed by atoms with E-state index in [4.69, 9.17) is 11.6 Å². The van der Waals surface area contributed by atoms with Crippen molar-refractivity contribution in [1.82, 2.24) is 10.2 Å². The van der Waals surface area contributed by atoms with Crippen molar-refractivity contribution in [2.75, 3.05) is 20.6 Å². The number of carbonyl (C=O) groups excluding carboxylic acids is 1. The number of nitrogens with one attached hydrogen (secondary N) is 1. The molecule has 0 aliphatic heterocycles. The van der Waals surface area contributed by atoms with E-state index in [0.717, 1.165) is 5.56 Å². The fourth-order valence-corrected chi connectivity index (χ4v) is 3.07. The third-order valence-corrected chi connectivity index (χ3v) is 4.34. The number of amides is 1. The van der Waals surface area contributed by atoms with Crippen molar-refractivity contribution in [3.8, 4) is 0 Å². The molecule has 1 aromatic carbocycles. The number of hydrogen-bond donors (Lipinski definition) is 1. The minimum absolute atomic E-state index is 0.00206. The second-order valence-electron chi connectivity index (χ2n) is 5.16. The fraction of sp³-hybridized carbons (Fsp3) is 0.267. The predicted octanol–water partition coefficient (Wildman–Crippen LogP) is 3.34. The van der Waals surface area contributed by atoms with E-state index in [1.165, 1.54) is 18.2 Å². The third-order valence-electron chi connectivity index (χ3n) is 3.41. The molecule has 1 atom stereocenters. The largest absolute Gasteiger partial charge is 0.350 e. The average molecular weight is 354 g/mol. The first kappa shape index (κ1) is 17.4. The Morgan fingerprint density at radius 1 is 1.43 bits per heavy atom. The normalized spacial score (nSPS) is 12.2. The van der Waals surface area contributed by atoms with Crippen LogP contribution in [0.15, 0.2) is 35.0 Å².